The number of esters is 1. The molecule has 1 N–H and O–H groups in total. The highest BCUT2D eigenvalue weighted by Crippen LogP contribution is 2.56. The van der Waals surface area contributed by atoms with E-state index < -0.39 is 23.5 Å². The molecule has 3 aliphatic rings. The van der Waals surface area contributed by atoms with Crippen molar-refractivity contribution in [1.82, 2.24) is 10.2 Å². The molecular weight excluding hydrogens is 336 g/mol. The Bertz CT molecular complexity index is 794. The van der Waals surface area contributed by atoms with Crippen molar-refractivity contribution in [1.29, 1.82) is 0 Å². The molecule has 2 fully saturated rings. The molecule has 0 aliphatic carbocycles. The summed E-state index contributed by atoms with van der Waals surface area (Å²) in [6.45, 7) is 5.52. The van der Waals surface area contributed by atoms with Crippen LogP contribution in [0.3, 0.4) is 0 Å². The number of piperazine rings is 1. The maximum atomic E-state index is 13.1. The van der Waals surface area contributed by atoms with Gasteiger partial charge in [0, 0.05) is 11.5 Å². The minimum atomic E-state index is -1.30. The molecule has 0 bridgehead atoms. The number of carbonyl (C=O) groups is 3. The third-order valence-electron chi connectivity index (χ3n) is 5.84. The van der Waals surface area contributed by atoms with Crippen LogP contribution in [-0.4, -0.2) is 47.5 Å². The van der Waals surface area contributed by atoms with Crippen LogP contribution in [-0.2, 0) is 19.1 Å². The molecule has 138 valence electrons. The monoisotopic (exact) mass is 358 g/mol. The zero-order chi connectivity index (χ0) is 18.6. The van der Waals surface area contributed by atoms with Crippen LogP contribution in [0.25, 0.3) is 0 Å². The molecule has 3 aliphatic heterocycles. The molecule has 1 aromatic rings. The fourth-order valence-corrected chi connectivity index (χ4v) is 4.69. The number of nitrogens with one attached hydrogen (secondary N) is 1. The minimum Gasteiger partial charge on any atom is -0.493 e. The molecule has 7 heteroatoms. The van der Waals surface area contributed by atoms with Crippen molar-refractivity contribution in [2.45, 2.75) is 38.4 Å². The van der Waals surface area contributed by atoms with Crippen molar-refractivity contribution < 1.29 is 23.9 Å². The summed E-state index contributed by atoms with van der Waals surface area (Å²) in [5.41, 5.74) is -0.469. The van der Waals surface area contributed by atoms with E-state index in [1.807, 2.05) is 24.3 Å². The van der Waals surface area contributed by atoms with Crippen LogP contribution in [0.5, 0.6) is 5.75 Å². The molecule has 0 saturated carbocycles. The van der Waals surface area contributed by atoms with Gasteiger partial charge in [-0.15, -0.1) is 0 Å². The fourth-order valence-electron chi connectivity index (χ4n) is 4.69. The summed E-state index contributed by atoms with van der Waals surface area (Å²) in [7, 11) is 0. The lowest BCUT2D eigenvalue weighted by Crippen LogP contribution is -2.69. The van der Waals surface area contributed by atoms with Gasteiger partial charge in [-0.1, -0.05) is 18.2 Å². The maximum Gasteiger partial charge on any atom is 0.312 e. The fraction of sp³-hybridized carbons (Fsp3) is 0.526. The lowest BCUT2D eigenvalue weighted by molar-refractivity contribution is -0.164. The Hall–Kier alpha value is -2.57. The van der Waals surface area contributed by atoms with Gasteiger partial charge in [0.05, 0.1) is 25.2 Å². The Morgan fingerprint density at radius 2 is 2.12 bits per heavy atom. The minimum absolute atomic E-state index is 0.189. The highest BCUT2D eigenvalue weighted by Gasteiger charge is 2.68. The van der Waals surface area contributed by atoms with Crippen molar-refractivity contribution in [3.05, 3.63) is 29.8 Å². The first kappa shape index (κ1) is 16.9. The summed E-state index contributed by atoms with van der Waals surface area (Å²) in [4.78, 5) is 40.5. The molecule has 7 nitrogen and oxygen atoms in total. The predicted octanol–water partition coefficient (Wildman–Crippen LogP) is 1.03. The maximum absolute atomic E-state index is 13.1. The Kier molecular flexibility index (Phi) is 3.71. The lowest BCUT2D eigenvalue weighted by atomic mass is 9.77. The van der Waals surface area contributed by atoms with Gasteiger partial charge >= 0.3 is 5.97 Å². The molecule has 5 atom stereocenters. The number of carbonyl (C=O) groups excluding carboxylic acids is 3. The van der Waals surface area contributed by atoms with E-state index in [1.54, 1.807) is 25.7 Å². The van der Waals surface area contributed by atoms with Crippen molar-refractivity contribution in [3.63, 3.8) is 0 Å². The number of hydrogen-bond acceptors (Lipinski definition) is 5. The van der Waals surface area contributed by atoms with Crippen LogP contribution >= 0.6 is 0 Å². The molecule has 2 saturated heterocycles. The van der Waals surface area contributed by atoms with Gasteiger partial charge in [-0.2, -0.15) is 0 Å². The van der Waals surface area contributed by atoms with E-state index in [4.69, 9.17) is 9.47 Å². The summed E-state index contributed by atoms with van der Waals surface area (Å²) >= 11 is 0. The summed E-state index contributed by atoms with van der Waals surface area (Å²) in [5, 5.41) is 2.72. The first-order chi connectivity index (χ1) is 12.4. The van der Waals surface area contributed by atoms with Gasteiger partial charge in [-0.25, -0.2) is 0 Å². The quantitative estimate of drug-likeness (QED) is 0.799. The highest BCUT2D eigenvalue weighted by molar-refractivity contribution is 6.03. The van der Waals surface area contributed by atoms with E-state index in [1.165, 1.54) is 0 Å². The molecular formula is C19H22N2O5. The summed E-state index contributed by atoms with van der Waals surface area (Å²) in [6, 6.07) is 6.46. The van der Waals surface area contributed by atoms with Crippen LogP contribution in [0.1, 0.15) is 32.4 Å². The van der Waals surface area contributed by atoms with Gasteiger partial charge in [-0.3, -0.25) is 14.4 Å². The van der Waals surface area contributed by atoms with Crippen molar-refractivity contribution in [2.75, 3.05) is 13.2 Å². The number of amides is 2. The molecule has 1 aromatic carbocycles. The predicted molar refractivity (Wildman–Crippen MR) is 91.1 cm³/mol. The van der Waals surface area contributed by atoms with E-state index in [2.05, 4.69) is 5.32 Å². The first-order valence-corrected chi connectivity index (χ1v) is 8.93. The number of para-hydroxylation sites is 1. The van der Waals surface area contributed by atoms with Gasteiger partial charge in [0.2, 0.25) is 11.8 Å². The van der Waals surface area contributed by atoms with Gasteiger partial charge < -0.3 is 19.7 Å². The third-order valence-corrected chi connectivity index (χ3v) is 5.84. The molecule has 0 unspecified atom stereocenters. The molecule has 2 amide bonds. The van der Waals surface area contributed by atoms with Crippen LogP contribution in [0, 0.1) is 11.8 Å². The topological polar surface area (TPSA) is 84.9 Å². The summed E-state index contributed by atoms with van der Waals surface area (Å²) < 4.78 is 11.1. The number of fused-ring (bicyclic) bond motifs is 5. The van der Waals surface area contributed by atoms with Gasteiger partial charge in [-0.05, 0) is 26.8 Å². The second-order valence-electron chi connectivity index (χ2n) is 7.24. The van der Waals surface area contributed by atoms with Gasteiger partial charge in [0.25, 0.3) is 0 Å². The second kappa shape index (κ2) is 5.72. The zero-order valence-electron chi connectivity index (χ0n) is 15.0. The van der Waals surface area contributed by atoms with E-state index in [0.29, 0.717) is 5.75 Å². The van der Waals surface area contributed by atoms with Crippen LogP contribution in [0.15, 0.2) is 24.3 Å². The lowest BCUT2D eigenvalue weighted by Gasteiger charge is -2.45. The third kappa shape index (κ3) is 2.03. The van der Waals surface area contributed by atoms with Crippen molar-refractivity contribution in [2.24, 2.45) is 11.8 Å². The van der Waals surface area contributed by atoms with Crippen LogP contribution < -0.4 is 10.1 Å². The average molecular weight is 358 g/mol. The van der Waals surface area contributed by atoms with Gasteiger partial charge in [0.15, 0.2) is 0 Å². The smallest absolute Gasteiger partial charge is 0.312 e. The van der Waals surface area contributed by atoms with Crippen LogP contribution in [0.4, 0.5) is 0 Å². The Labute approximate surface area is 151 Å². The highest BCUT2D eigenvalue weighted by atomic mass is 16.5. The summed E-state index contributed by atoms with van der Waals surface area (Å²) in [5.74, 6) is -1.41. The molecule has 0 spiro atoms. The van der Waals surface area contributed by atoms with Crippen molar-refractivity contribution in [3.8, 4) is 5.75 Å². The van der Waals surface area contributed by atoms with E-state index >= 15 is 0 Å². The Morgan fingerprint density at radius 3 is 2.85 bits per heavy atom. The summed E-state index contributed by atoms with van der Waals surface area (Å²) in [6.07, 6.45) is 0. The standard InChI is InChI=1S/C19H22N2O5/c1-4-25-17(23)14-12-9-26-13-8-6-5-7-11(13)15(12)21-16(22)10(2)20-18(24)19(14,21)3/h5-8,10,12,14-15H,4,9H2,1-3H3,(H,20,24)/t10-,12-,14-,15+,19-/m1/s1. The van der Waals surface area contributed by atoms with Crippen LogP contribution in [0.2, 0.25) is 0 Å². The van der Waals surface area contributed by atoms with E-state index in [0.717, 1.165) is 5.56 Å². The zero-order valence-corrected chi connectivity index (χ0v) is 15.0. The number of benzene rings is 1. The molecule has 26 heavy (non-hydrogen) atoms. The second-order valence-corrected chi connectivity index (χ2v) is 7.24. The number of rotatable bonds is 2. The van der Waals surface area contributed by atoms with E-state index in [9.17, 15) is 14.4 Å². The average Bonchev–Trinajstić information content (AvgIpc) is 2.90. The Morgan fingerprint density at radius 1 is 1.38 bits per heavy atom. The molecule has 0 aromatic heterocycles. The molecule has 0 radical (unpaired) electrons. The van der Waals surface area contributed by atoms with Gasteiger partial charge in [0.1, 0.15) is 17.3 Å². The number of ether oxygens (including phenoxy) is 2. The first-order valence-electron chi connectivity index (χ1n) is 8.93. The number of nitrogens with zero attached hydrogens (tertiary/aromatic N) is 1. The normalized spacial score (nSPS) is 35.0. The molecule has 4 rings (SSSR count). The largest absolute Gasteiger partial charge is 0.493 e. The SMILES string of the molecule is CCOC(=O)[C@H]1[C@H]2COc3ccccc3[C@@H]2N2C(=O)[C@@H](C)NC(=O)[C@@]12C. The Balaban J connectivity index is 1.90. The van der Waals surface area contributed by atoms with Crippen molar-refractivity contribution >= 4 is 17.8 Å². The molecule has 3 heterocycles. The van der Waals surface area contributed by atoms with E-state index in [-0.39, 0.29) is 37.0 Å². The number of hydrogen-bond donors (Lipinski definition) is 1.